The van der Waals surface area contributed by atoms with Crippen molar-refractivity contribution in [2.75, 3.05) is 23.1 Å². The Bertz CT molecular complexity index is 677. The van der Waals surface area contributed by atoms with Crippen molar-refractivity contribution in [3.63, 3.8) is 0 Å². The smallest absolute Gasteiger partial charge is 0.150 e. The Morgan fingerprint density at radius 3 is 2.87 bits per heavy atom. The Hall–Kier alpha value is -2.34. The van der Waals surface area contributed by atoms with Crippen molar-refractivity contribution >= 4 is 29.6 Å². The molecule has 0 aliphatic carbocycles. The van der Waals surface area contributed by atoms with Crippen LogP contribution in [0, 0.1) is 5.82 Å². The average Bonchev–Trinajstić information content (AvgIpc) is 2.60. The number of pyridine rings is 1. The number of allylic oxidation sites excluding steroid dienone is 1. The van der Waals surface area contributed by atoms with E-state index < -0.39 is 0 Å². The summed E-state index contributed by atoms with van der Waals surface area (Å²) in [5.74, 6) is 1.10. The Labute approximate surface area is 139 Å². The highest BCUT2D eigenvalue weighted by Crippen LogP contribution is 2.20. The van der Waals surface area contributed by atoms with Crippen molar-refractivity contribution < 1.29 is 9.18 Å². The topological polar surface area (TPSA) is 54.0 Å². The van der Waals surface area contributed by atoms with Crippen LogP contribution in [0.4, 0.5) is 15.9 Å². The molecule has 1 aromatic heterocycles. The maximum absolute atomic E-state index is 13.7. The summed E-state index contributed by atoms with van der Waals surface area (Å²) < 4.78 is 13.7. The van der Waals surface area contributed by atoms with Crippen molar-refractivity contribution in [1.82, 2.24) is 4.98 Å². The molecule has 6 heteroatoms. The molecule has 0 aliphatic rings. The van der Waals surface area contributed by atoms with Gasteiger partial charge in [0.25, 0.3) is 0 Å². The zero-order valence-electron chi connectivity index (χ0n) is 12.8. The van der Waals surface area contributed by atoms with E-state index in [1.807, 2.05) is 31.2 Å². The first kappa shape index (κ1) is 17.0. The molecule has 2 aromatic rings. The number of carbonyl (C=O) groups is 1. The molecule has 2 rings (SSSR count). The number of rotatable bonds is 8. The van der Waals surface area contributed by atoms with Crippen molar-refractivity contribution in [3.8, 4) is 0 Å². The first-order valence-electron chi connectivity index (χ1n) is 7.14. The van der Waals surface area contributed by atoms with Crippen molar-refractivity contribution in [1.29, 1.82) is 0 Å². The van der Waals surface area contributed by atoms with Crippen LogP contribution < -0.4 is 10.6 Å². The minimum Gasteiger partial charge on any atom is -0.378 e. The lowest BCUT2D eigenvalue weighted by Crippen LogP contribution is -2.07. The summed E-state index contributed by atoms with van der Waals surface area (Å²) in [4.78, 5) is 16.0. The van der Waals surface area contributed by atoms with Gasteiger partial charge in [-0.25, -0.2) is 9.37 Å². The third kappa shape index (κ3) is 5.41. The molecule has 0 saturated carbocycles. The largest absolute Gasteiger partial charge is 0.378 e. The molecule has 120 valence electrons. The van der Waals surface area contributed by atoms with E-state index in [1.165, 1.54) is 18.2 Å². The maximum atomic E-state index is 13.7. The van der Waals surface area contributed by atoms with Gasteiger partial charge in [0.2, 0.25) is 0 Å². The maximum Gasteiger partial charge on any atom is 0.150 e. The van der Waals surface area contributed by atoms with Crippen LogP contribution in [0.5, 0.6) is 0 Å². The summed E-state index contributed by atoms with van der Waals surface area (Å²) in [6, 6.07) is 9.93. The average molecular weight is 331 g/mol. The number of nitrogens with one attached hydrogen (secondary N) is 2. The lowest BCUT2D eigenvalue weighted by atomic mass is 10.2. The zero-order valence-corrected chi connectivity index (χ0v) is 13.6. The molecule has 0 fully saturated rings. The number of aromatic nitrogens is 1. The Balaban J connectivity index is 1.84. The highest BCUT2D eigenvalue weighted by Gasteiger charge is 2.04. The van der Waals surface area contributed by atoms with E-state index in [0.717, 1.165) is 10.7 Å². The van der Waals surface area contributed by atoms with E-state index in [9.17, 15) is 9.18 Å². The summed E-state index contributed by atoms with van der Waals surface area (Å²) in [6.45, 7) is 2.42. The quantitative estimate of drug-likeness (QED) is 0.562. The number of anilines is 2. The molecule has 0 radical (unpaired) electrons. The van der Waals surface area contributed by atoms with Gasteiger partial charge >= 0.3 is 0 Å². The van der Waals surface area contributed by atoms with Gasteiger partial charge in [0.1, 0.15) is 17.9 Å². The van der Waals surface area contributed by atoms with Gasteiger partial charge in [0.15, 0.2) is 0 Å². The molecule has 1 heterocycles. The van der Waals surface area contributed by atoms with Gasteiger partial charge in [-0.15, -0.1) is 11.8 Å². The summed E-state index contributed by atoms with van der Waals surface area (Å²) in [6.07, 6.45) is 4.40. The molecule has 4 nitrogen and oxygen atoms in total. The van der Waals surface area contributed by atoms with E-state index in [0.29, 0.717) is 30.0 Å². The van der Waals surface area contributed by atoms with Gasteiger partial charge < -0.3 is 10.6 Å². The van der Waals surface area contributed by atoms with Crippen LogP contribution in [0.2, 0.25) is 0 Å². The lowest BCUT2D eigenvalue weighted by Gasteiger charge is -2.11. The Morgan fingerprint density at radius 2 is 2.17 bits per heavy atom. The van der Waals surface area contributed by atoms with E-state index in [4.69, 9.17) is 0 Å². The highest BCUT2D eigenvalue weighted by molar-refractivity contribution is 8.03. The molecule has 0 saturated heterocycles. The Kier molecular flexibility index (Phi) is 6.62. The van der Waals surface area contributed by atoms with Gasteiger partial charge in [-0.2, -0.15) is 0 Å². The zero-order chi connectivity index (χ0) is 16.5. The van der Waals surface area contributed by atoms with Gasteiger partial charge in [-0.1, -0.05) is 12.1 Å². The van der Waals surface area contributed by atoms with Gasteiger partial charge in [0.05, 0.1) is 11.6 Å². The minimum atomic E-state index is -0.373. The second kappa shape index (κ2) is 8.95. The Morgan fingerprint density at radius 1 is 1.30 bits per heavy atom. The molecule has 1 aromatic carbocycles. The molecule has 0 atom stereocenters. The monoisotopic (exact) mass is 331 g/mol. The number of hydrogen-bond acceptors (Lipinski definition) is 5. The van der Waals surface area contributed by atoms with Gasteiger partial charge in [-0.05, 0) is 37.3 Å². The van der Waals surface area contributed by atoms with E-state index in [1.54, 1.807) is 18.0 Å². The fourth-order valence-corrected chi connectivity index (χ4v) is 2.59. The van der Waals surface area contributed by atoms with Gasteiger partial charge in [-0.3, -0.25) is 4.79 Å². The number of thioether (sulfide) groups is 1. The van der Waals surface area contributed by atoms with Crippen LogP contribution in [0.15, 0.2) is 53.6 Å². The third-order valence-corrected chi connectivity index (χ3v) is 4.12. The van der Waals surface area contributed by atoms with Crippen molar-refractivity contribution in [2.45, 2.75) is 6.92 Å². The third-order valence-electron chi connectivity index (χ3n) is 3.08. The molecule has 2 N–H and O–H groups in total. The van der Waals surface area contributed by atoms with Crippen LogP contribution >= 0.6 is 11.8 Å². The first-order valence-corrected chi connectivity index (χ1v) is 8.13. The van der Waals surface area contributed by atoms with Crippen molar-refractivity contribution in [3.05, 3.63) is 65.0 Å². The van der Waals surface area contributed by atoms with Crippen LogP contribution in [-0.2, 0) is 0 Å². The number of carbonyl (C=O) groups excluding carboxylic acids is 1. The first-order chi connectivity index (χ1) is 11.2. The predicted molar refractivity (Wildman–Crippen MR) is 94.4 cm³/mol. The van der Waals surface area contributed by atoms with Crippen molar-refractivity contribution in [2.24, 2.45) is 0 Å². The second-order valence-electron chi connectivity index (χ2n) is 4.65. The molecule has 0 aliphatic heterocycles. The summed E-state index contributed by atoms with van der Waals surface area (Å²) in [5, 5.41) is 6.22. The standard InChI is InChI=1S/C17H18FN3OS/c1-2-14(23-12-21-17-5-3-4-8-19-17)10-20-16-9-13(11-22)6-7-15(16)18/h2-9,11,20H,10,12H2,1H3,(H,19,21)/b14-2-. The molecule has 0 unspecified atom stereocenters. The molecular weight excluding hydrogens is 313 g/mol. The number of halogens is 1. The summed E-state index contributed by atoms with van der Waals surface area (Å²) in [5.41, 5.74) is 0.771. The van der Waals surface area contributed by atoms with Crippen LogP contribution in [0.1, 0.15) is 17.3 Å². The van der Waals surface area contributed by atoms with Crippen LogP contribution in [0.3, 0.4) is 0 Å². The number of aldehydes is 1. The summed E-state index contributed by atoms with van der Waals surface area (Å²) in [7, 11) is 0. The number of benzene rings is 1. The molecule has 0 bridgehead atoms. The molecule has 0 spiro atoms. The minimum absolute atomic E-state index is 0.326. The summed E-state index contributed by atoms with van der Waals surface area (Å²) >= 11 is 1.61. The molecule has 23 heavy (non-hydrogen) atoms. The number of nitrogens with zero attached hydrogens (tertiary/aromatic N) is 1. The van der Waals surface area contributed by atoms with E-state index in [-0.39, 0.29) is 5.82 Å². The lowest BCUT2D eigenvalue weighted by molar-refractivity contribution is 0.112. The fourth-order valence-electron chi connectivity index (χ4n) is 1.84. The van der Waals surface area contributed by atoms with Gasteiger partial charge in [0, 0.05) is 23.2 Å². The SMILES string of the molecule is C/C=C(/CNc1cc(C=O)ccc1F)SCNc1ccccn1. The normalized spacial score (nSPS) is 11.1. The molecular formula is C17H18FN3OS. The van der Waals surface area contributed by atoms with Crippen LogP contribution in [0.25, 0.3) is 0 Å². The fraction of sp³-hybridized carbons (Fsp3) is 0.176. The highest BCUT2D eigenvalue weighted by atomic mass is 32.2. The second-order valence-corrected chi connectivity index (χ2v) is 5.75. The van der Waals surface area contributed by atoms with E-state index >= 15 is 0 Å². The number of hydrogen-bond donors (Lipinski definition) is 2. The van der Waals surface area contributed by atoms with E-state index in [2.05, 4.69) is 15.6 Å². The van der Waals surface area contributed by atoms with Crippen LogP contribution in [-0.4, -0.2) is 23.7 Å². The predicted octanol–water partition coefficient (Wildman–Crippen LogP) is 4.15. The molecule has 0 amide bonds.